The van der Waals surface area contributed by atoms with E-state index in [0.29, 0.717) is 11.4 Å². The van der Waals surface area contributed by atoms with Gasteiger partial charge in [0.15, 0.2) is 17.5 Å². The Balaban J connectivity index is 1.50. The number of hydrogen-bond donors (Lipinski definition) is 0. The van der Waals surface area contributed by atoms with Crippen LogP contribution in [0.4, 0.5) is 8.78 Å². The van der Waals surface area contributed by atoms with Gasteiger partial charge in [-0.25, -0.2) is 18.7 Å². The van der Waals surface area contributed by atoms with Gasteiger partial charge in [-0.1, -0.05) is 19.1 Å². The van der Waals surface area contributed by atoms with Gasteiger partial charge in [0.25, 0.3) is 0 Å². The molecule has 0 spiro atoms. The third kappa shape index (κ3) is 4.96. The van der Waals surface area contributed by atoms with Crippen molar-refractivity contribution < 1.29 is 8.78 Å². The number of benzene rings is 1. The van der Waals surface area contributed by atoms with Crippen molar-refractivity contribution in [3.05, 3.63) is 59.9 Å². The van der Waals surface area contributed by atoms with Gasteiger partial charge in [0, 0.05) is 18.0 Å². The van der Waals surface area contributed by atoms with Crippen LogP contribution in [0.25, 0.3) is 11.4 Å². The molecule has 0 atom stereocenters. The largest absolute Gasteiger partial charge is 0.236 e. The number of nitrogens with zero attached hydrogens (tertiary/aromatic N) is 2. The molecule has 0 aliphatic heterocycles. The molecule has 1 heterocycles. The molecule has 1 aliphatic carbocycles. The topological polar surface area (TPSA) is 25.8 Å². The Kier molecular flexibility index (Phi) is 6.48. The van der Waals surface area contributed by atoms with Crippen LogP contribution in [0.15, 0.2) is 42.7 Å². The molecule has 138 valence electrons. The minimum absolute atomic E-state index is 0.427. The Labute approximate surface area is 154 Å². The minimum Gasteiger partial charge on any atom is -0.236 e. The molecular formula is C22H26F2N2. The lowest BCUT2D eigenvalue weighted by atomic mass is 9.79. The van der Waals surface area contributed by atoms with Gasteiger partial charge in [0.05, 0.1) is 0 Å². The van der Waals surface area contributed by atoms with Gasteiger partial charge >= 0.3 is 0 Å². The van der Waals surface area contributed by atoms with Crippen molar-refractivity contribution in [2.45, 2.75) is 51.9 Å². The summed E-state index contributed by atoms with van der Waals surface area (Å²) in [5.41, 5.74) is 1.60. The van der Waals surface area contributed by atoms with Crippen molar-refractivity contribution in [3.8, 4) is 11.4 Å². The van der Waals surface area contributed by atoms with E-state index in [-0.39, 0.29) is 0 Å². The van der Waals surface area contributed by atoms with Crippen LogP contribution < -0.4 is 0 Å². The second-order valence-corrected chi connectivity index (χ2v) is 7.20. The second-order valence-electron chi connectivity index (χ2n) is 7.20. The average Bonchev–Trinajstić information content (AvgIpc) is 2.68. The van der Waals surface area contributed by atoms with Crippen molar-refractivity contribution >= 4 is 0 Å². The van der Waals surface area contributed by atoms with E-state index in [0.717, 1.165) is 48.8 Å². The molecule has 0 saturated heterocycles. The van der Waals surface area contributed by atoms with Gasteiger partial charge in [0.1, 0.15) is 0 Å². The van der Waals surface area contributed by atoms with Crippen LogP contribution in [-0.2, 0) is 6.42 Å². The normalized spacial score (nSPS) is 20.6. The molecule has 0 bridgehead atoms. The molecule has 0 amide bonds. The molecule has 2 aromatic rings. The number of aryl methyl sites for hydroxylation is 1. The van der Waals surface area contributed by atoms with E-state index in [9.17, 15) is 8.78 Å². The monoisotopic (exact) mass is 356 g/mol. The summed E-state index contributed by atoms with van der Waals surface area (Å²) in [4.78, 5) is 8.64. The SMILES string of the molecule is CCC=C[C@H]1CC[C@H](CCc2cnc(-c3ccc(F)c(F)c3)nc2)CC1. The Hall–Kier alpha value is -2.10. The number of hydrogen-bond acceptors (Lipinski definition) is 2. The van der Waals surface area contributed by atoms with Crippen LogP contribution in [0, 0.1) is 23.5 Å². The summed E-state index contributed by atoms with van der Waals surface area (Å²) in [7, 11) is 0. The molecule has 3 rings (SSSR count). The van der Waals surface area contributed by atoms with Gasteiger partial charge in [0.2, 0.25) is 0 Å². The molecule has 2 nitrogen and oxygen atoms in total. The molecule has 1 aromatic heterocycles. The molecule has 1 saturated carbocycles. The maximum absolute atomic E-state index is 13.3. The number of halogens is 2. The third-order valence-electron chi connectivity index (χ3n) is 5.26. The predicted molar refractivity (Wildman–Crippen MR) is 101 cm³/mol. The molecule has 4 heteroatoms. The van der Waals surface area contributed by atoms with E-state index >= 15 is 0 Å². The molecule has 26 heavy (non-hydrogen) atoms. The van der Waals surface area contributed by atoms with E-state index in [2.05, 4.69) is 29.0 Å². The van der Waals surface area contributed by atoms with Crippen LogP contribution in [-0.4, -0.2) is 9.97 Å². The fourth-order valence-corrected chi connectivity index (χ4v) is 3.64. The summed E-state index contributed by atoms with van der Waals surface area (Å²) in [5.74, 6) is 0.248. The minimum atomic E-state index is -0.875. The first kappa shape index (κ1) is 18.7. The summed E-state index contributed by atoms with van der Waals surface area (Å²) in [6, 6.07) is 3.74. The Morgan fingerprint density at radius 2 is 1.77 bits per heavy atom. The van der Waals surface area contributed by atoms with Crippen LogP contribution in [0.1, 0.15) is 51.0 Å². The van der Waals surface area contributed by atoms with Crippen molar-refractivity contribution in [1.29, 1.82) is 0 Å². The average molecular weight is 356 g/mol. The van der Waals surface area contributed by atoms with Crippen molar-refractivity contribution in [3.63, 3.8) is 0 Å². The number of aromatic nitrogens is 2. The summed E-state index contributed by atoms with van der Waals surface area (Å²) in [5, 5.41) is 0. The maximum Gasteiger partial charge on any atom is 0.159 e. The van der Waals surface area contributed by atoms with Crippen LogP contribution >= 0.6 is 0 Å². The van der Waals surface area contributed by atoms with Crippen molar-refractivity contribution in [2.75, 3.05) is 0 Å². The molecule has 1 fully saturated rings. The summed E-state index contributed by atoms with van der Waals surface area (Å²) >= 11 is 0. The quantitative estimate of drug-likeness (QED) is 0.582. The molecule has 1 aliphatic rings. The zero-order chi connectivity index (χ0) is 18.4. The van der Waals surface area contributed by atoms with Crippen molar-refractivity contribution in [2.24, 2.45) is 11.8 Å². The molecule has 1 aromatic carbocycles. The molecule has 0 radical (unpaired) electrons. The van der Waals surface area contributed by atoms with Crippen molar-refractivity contribution in [1.82, 2.24) is 9.97 Å². The highest BCUT2D eigenvalue weighted by atomic mass is 19.2. The van der Waals surface area contributed by atoms with E-state index in [4.69, 9.17) is 0 Å². The standard InChI is InChI=1S/C22H26F2N2/c1-2-3-4-16-5-7-17(8-6-16)9-10-18-14-25-22(26-15-18)19-11-12-20(23)21(24)13-19/h3-4,11-17H,2,5-10H2,1H3/t16-,17-. The summed E-state index contributed by atoms with van der Waals surface area (Å²) < 4.78 is 26.4. The van der Waals surface area contributed by atoms with Gasteiger partial charge in [-0.2, -0.15) is 0 Å². The highest BCUT2D eigenvalue weighted by molar-refractivity contribution is 5.54. The van der Waals surface area contributed by atoms with Crippen LogP contribution in [0.3, 0.4) is 0 Å². The first-order valence-electron chi connectivity index (χ1n) is 9.58. The van der Waals surface area contributed by atoms with Gasteiger partial charge < -0.3 is 0 Å². The Morgan fingerprint density at radius 3 is 2.42 bits per heavy atom. The Bertz CT molecular complexity index is 732. The highest BCUT2D eigenvalue weighted by Crippen LogP contribution is 2.32. The zero-order valence-corrected chi connectivity index (χ0v) is 15.3. The predicted octanol–water partition coefficient (Wildman–Crippen LogP) is 6.13. The lowest BCUT2D eigenvalue weighted by molar-refractivity contribution is 0.296. The fraction of sp³-hybridized carbons (Fsp3) is 0.455. The lowest BCUT2D eigenvalue weighted by Gasteiger charge is -2.26. The lowest BCUT2D eigenvalue weighted by Crippen LogP contribution is -2.13. The van der Waals surface area contributed by atoms with Gasteiger partial charge in [-0.15, -0.1) is 0 Å². The van der Waals surface area contributed by atoms with Gasteiger partial charge in [-0.05, 0) is 80.5 Å². The number of allylic oxidation sites excluding steroid dienone is 2. The van der Waals surface area contributed by atoms with E-state index in [1.54, 1.807) is 12.4 Å². The highest BCUT2D eigenvalue weighted by Gasteiger charge is 2.19. The van der Waals surface area contributed by atoms with E-state index in [1.807, 2.05) is 0 Å². The van der Waals surface area contributed by atoms with E-state index in [1.165, 1.54) is 31.7 Å². The first-order chi connectivity index (χ1) is 12.7. The Morgan fingerprint density at radius 1 is 1.04 bits per heavy atom. The van der Waals surface area contributed by atoms with E-state index < -0.39 is 11.6 Å². The fourth-order valence-electron chi connectivity index (χ4n) is 3.64. The van der Waals surface area contributed by atoms with Gasteiger partial charge in [-0.3, -0.25) is 0 Å². The third-order valence-corrected chi connectivity index (χ3v) is 5.26. The molecular weight excluding hydrogens is 330 g/mol. The summed E-state index contributed by atoms with van der Waals surface area (Å²) in [6.45, 7) is 2.18. The number of rotatable bonds is 6. The van der Waals surface area contributed by atoms with Crippen LogP contribution in [0.5, 0.6) is 0 Å². The van der Waals surface area contributed by atoms with Crippen LogP contribution in [0.2, 0.25) is 0 Å². The molecule has 0 unspecified atom stereocenters. The first-order valence-corrected chi connectivity index (χ1v) is 9.58. The zero-order valence-electron chi connectivity index (χ0n) is 15.3. The second kappa shape index (κ2) is 9.02. The maximum atomic E-state index is 13.3. The summed E-state index contributed by atoms with van der Waals surface area (Å²) in [6.07, 6.45) is 16.7. The molecule has 0 N–H and O–H groups in total. The smallest absolute Gasteiger partial charge is 0.159 e.